The zero-order chi connectivity index (χ0) is 18.0. The number of hydrogen-bond acceptors (Lipinski definition) is 7. The average Bonchev–Trinajstić information content (AvgIpc) is 3.11. The third-order valence-electron chi connectivity index (χ3n) is 4.58. The Labute approximate surface area is 146 Å². The number of hydrogen-bond donors (Lipinski definition) is 1. The first-order chi connectivity index (χ1) is 12.1. The standard InChI is InChI=1S/C17H23N5O3/c1-4-13(24-3)17-20-16(21-25-17)15-10(2)19-8-11-9-22(14(23)7-18)6-5-12(11)15/h8,13H,4-7,9,18H2,1-3H3. The SMILES string of the molecule is CCC(OC)c1nc(-c2c(C)ncc3c2CCN(C(=O)CN)C3)no1. The van der Waals surface area contributed by atoms with Gasteiger partial charge in [-0.2, -0.15) is 4.98 Å². The molecule has 8 nitrogen and oxygen atoms in total. The van der Waals surface area contributed by atoms with Gasteiger partial charge >= 0.3 is 0 Å². The number of methoxy groups -OCH3 is 1. The van der Waals surface area contributed by atoms with Crippen molar-refractivity contribution in [3.05, 3.63) is 28.9 Å². The molecule has 3 rings (SSSR count). The lowest BCUT2D eigenvalue weighted by atomic mass is 9.94. The normalized spacial score (nSPS) is 15.1. The third-order valence-corrected chi connectivity index (χ3v) is 4.58. The second-order valence-corrected chi connectivity index (χ2v) is 6.08. The van der Waals surface area contributed by atoms with Gasteiger partial charge in [-0.05, 0) is 30.9 Å². The largest absolute Gasteiger partial charge is 0.372 e. The molecule has 0 saturated carbocycles. The maximum absolute atomic E-state index is 11.9. The Kier molecular flexibility index (Phi) is 5.10. The lowest BCUT2D eigenvalue weighted by Crippen LogP contribution is -2.39. The van der Waals surface area contributed by atoms with Crippen molar-refractivity contribution in [1.82, 2.24) is 20.0 Å². The molecule has 1 atom stereocenters. The highest BCUT2D eigenvalue weighted by Crippen LogP contribution is 2.31. The van der Waals surface area contributed by atoms with Crippen molar-refractivity contribution < 1.29 is 14.1 Å². The van der Waals surface area contributed by atoms with Crippen LogP contribution in [0.3, 0.4) is 0 Å². The lowest BCUT2D eigenvalue weighted by molar-refractivity contribution is -0.130. The summed E-state index contributed by atoms with van der Waals surface area (Å²) in [5, 5.41) is 4.14. The number of pyridine rings is 1. The van der Waals surface area contributed by atoms with E-state index in [0.717, 1.165) is 28.8 Å². The van der Waals surface area contributed by atoms with Crippen molar-refractivity contribution >= 4 is 5.91 Å². The fourth-order valence-electron chi connectivity index (χ4n) is 3.20. The smallest absolute Gasteiger partial charge is 0.256 e. The molecule has 2 aromatic heterocycles. The van der Waals surface area contributed by atoms with E-state index in [1.165, 1.54) is 0 Å². The zero-order valence-corrected chi connectivity index (χ0v) is 14.8. The highest BCUT2D eigenvalue weighted by molar-refractivity contribution is 5.78. The van der Waals surface area contributed by atoms with Gasteiger partial charge in [-0.25, -0.2) is 0 Å². The quantitative estimate of drug-likeness (QED) is 0.872. The van der Waals surface area contributed by atoms with Crippen LogP contribution in [0.1, 0.15) is 42.2 Å². The number of nitrogens with zero attached hydrogens (tertiary/aromatic N) is 4. The van der Waals surface area contributed by atoms with Crippen LogP contribution in [0.5, 0.6) is 0 Å². The molecule has 2 N–H and O–H groups in total. The number of aryl methyl sites for hydroxylation is 1. The summed E-state index contributed by atoms with van der Waals surface area (Å²) < 4.78 is 10.8. The first kappa shape index (κ1) is 17.5. The number of aromatic nitrogens is 3. The van der Waals surface area contributed by atoms with E-state index in [2.05, 4.69) is 15.1 Å². The van der Waals surface area contributed by atoms with E-state index in [-0.39, 0.29) is 18.6 Å². The average molecular weight is 345 g/mol. The van der Waals surface area contributed by atoms with Crippen molar-refractivity contribution in [2.75, 3.05) is 20.2 Å². The van der Waals surface area contributed by atoms with Gasteiger partial charge in [0.1, 0.15) is 6.10 Å². The fourth-order valence-corrected chi connectivity index (χ4v) is 3.20. The molecule has 0 aromatic carbocycles. The van der Waals surface area contributed by atoms with Gasteiger partial charge in [-0.15, -0.1) is 0 Å². The second kappa shape index (κ2) is 7.28. The number of carbonyl (C=O) groups is 1. The van der Waals surface area contributed by atoms with Crippen LogP contribution >= 0.6 is 0 Å². The van der Waals surface area contributed by atoms with Crippen LogP contribution in [0, 0.1) is 6.92 Å². The van der Waals surface area contributed by atoms with E-state index in [9.17, 15) is 4.79 Å². The molecule has 2 aromatic rings. The van der Waals surface area contributed by atoms with E-state index in [1.807, 2.05) is 20.0 Å². The van der Waals surface area contributed by atoms with Gasteiger partial charge in [0.25, 0.3) is 5.89 Å². The number of carbonyl (C=O) groups excluding carboxylic acids is 1. The predicted molar refractivity (Wildman–Crippen MR) is 90.5 cm³/mol. The minimum atomic E-state index is -0.216. The van der Waals surface area contributed by atoms with Crippen molar-refractivity contribution in [2.45, 2.75) is 39.3 Å². The van der Waals surface area contributed by atoms with Crippen molar-refractivity contribution in [1.29, 1.82) is 0 Å². The summed E-state index contributed by atoms with van der Waals surface area (Å²) in [7, 11) is 1.62. The van der Waals surface area contributed by atoms with E-state index in [1.54, 1.807) is 12.0 Å². The topological polar surface area (TPSA) is 107 Å². The molecule has 0 fully saturated rings. The first-order valence-electron chi connectivity index (χ1n) is 8.41. The molecule has 0 saturated heterocycles. The molecule has 3 heterocycles. The lowest BCUT2D eigenvalue weighted by Gasteiger charge is -2.29. The molecule has 0 radical (unpaired) electrons. The predicted octanol–water partition coefficient (Wildman–Crippen LogP) is 1.38. The van der Waals surface area contributed by atoms with Gasteiger partial charge in [-0.3, -0.25) is 9.78 Å². The molecule has 1 aliphatic rings. The van der Waals surface area contributed by atoms with Gasteiger partial charge in [0, 0.05) is 37.7 Å². The van der Waals surface area contributed by atoms with Crippen molar-refractivity contribution in [3.63, 3.8) is 0 Å². The Balaban J connectivity index is 1.97. The van der Waals surface area contributed by atoms with Crippen molar-refractivity contribution in [2.24, 2.45) is 5.73 Å². The molecule has 1 unspecified atom stereocenters. The summed E-state index contributed by atoms with van der Waals surface area (Å²) in [5.74, 6) is 0.930. The molecule has 25 heavy (non-hydrogen) atoms. The first-order valence-corrected chi connectivity index (χ1v) is 8.41. The summed E-state index contributed by atoms with van der Waals surface area (Å²) in [6.45, 7) is 5.08. The van der Waals surface area contributed by atoms with E-state index in [4.69, 9.17) is 15.0 Å². The third kappa shape index (κ3) is 3.27. The second-order valence-electron chi connectivity index (χ2n) is 6.08. The van der Waals surface area contributed by atoms with Crippen LogP contribution in [-0.2, 0) is 22.5 Å². The van der Waals surface area contributed by atoms with Crippen LogP contribution in [0.4, 0.5) is 0 Å². The molecule has 1 amide bonds. The van der Waals surface area contributed by atoms with Crippen LogP contribution < -0.4 is 5.73 Å². The number of rotatable bonds is 5. The summed E-state index contributed by atoms with van der Waals surface area (Å²) in [5.41, 5.74) is 9.32. The van der Waals surface area contributed by atoms with E-state index >= 15 is 0 Å². The van der Waals surface area contributed by atoms with Gasteiger partial charge < -0.3 is 19.9 Å². The summed E-state index contributed by atoms with van der Waals surface area (Å²) in [6.07, 6.45) is 3.06. The molecular formula is C17H23N5O3. The van der Waals surface area contributed by atoms with Crippen LogP contribution in [0.2, 0.25) is 0 Å². The summed E-state index contributed by atoms with van der Waals surface area (Å²) >= 11 is 0. The molecule has 1 aliphatic heterocycles. The number of ether oxygens (including phenoxy) is 1. The van der Waals surface area contributed by atoms with E-state index in [0.29, 0.717) is 31.2 Å². The molecule has 0 aliphatic carbocycles. The van der Waals surface area contributed by atoms with Gasteiger partial charge in [-0.1, -0.05) is 12.1 Å². The monoisotopic (exact) mass is 345 g/mol. The summed E-state index contributed by atoms with van der Waals surface area (Å²) in [4.78, 5) is 22.6. The Morgan fingerprint density at radius 3 is 3.00 bits per heavy atom. The fraction of sp³-hybridized carbons (Fsp3) is 0.529. The van der Waals surface area contributed by atoms with Gasteiger partial charge in [0.15, 0.2) is 0 Å². The highest BCUT2D eigenvalue weighted by Gasteiger charge is 2.26. The molecule has 0 spiro atoms. The minimum absolute atomic E-state index is 0.0190. The van der Waals surface area contributed by atoms with Crippen molar-refractivity contribution in [3.8, 4) is 11.4 Å². The maximum Gasteiger partial charge on any atom is 0.256 e. The molecule has 0 bridgehead atoms. The van der Waals surface area contributed by atoms with Crippen LogP contribution in [0.25, 0.3) is 11.4 Å². The Morgan fingerprint density at radius 2 is 2.32 bits per heavy atom. The van der Waals surface area contributed by atoms with Crippen LogP contribution in [0.15, 0.2) is 10.7 Å². The highest BCUT2D eigenvalue weighted by atomic mass is 16.5. The number of amides is 1. The Morgan fingerprint density at radius 1 is 1.52 bits per heavy atom. The van der Waals surface area contributed by atoms with Crippen LogP contribution in [-0.4, -0.2) is 46.1 Å². The molecule has 134 valence electrons. The number of fused-ring (bicyclic) bond motifs is 1. The number of nitrogens with two attached hydrogens (primary N) is 1. The Bertz CT molecular complexity index is 770. The van der Waals surface area contributed by atoms with Gasteiger partial charge in [0.2, 0.25) is 11.7 Å². The maximum atomic E-state index is 11.9. The summed E-state index contributed by atoms with van der Waals surface area (Å²) in [6, 6.07) is 0. The zero-order valence-electron chi connectivity index (χ0n) is 14.8. The van der Waals surface area contributed by atoms with Gasteiger partial charge in [0.05, 0.1) is 6.54 Å². The molecule has 8 heteroatoms. The molecular weight excluding hydrogens is 322 g/mol. The minimum Gasteiger partial charge on any atom is -0.372 e. The Hall–Kier alpha value is -2.32. The van der Waals surface area contributed by atoms with E-state index < -0.39 is 0 Å².